The molecular formula is C4H9NaO4P+. The van der Waals surface area contributed by atoms with E-state index in [-0.39, 0.29) is 37.4 Å². The normalized spacial score (nSPS) is 9.60. The summed E-state index contributed by atoms with van der Waals surface area (Å²) < 4.78 is 13.7. The van der Waals surface area contributed by atoms with E-state index in [2.05, 4.69) is 4.52 Å². The fourth-order valence-corrected chi connectivity index (χ4v) is 0.602. The van der Waals surface area contributed by atoms with Crippen LogP contribution in [0.5, 0.6) is 0 Å². The zero-order valence-electron chi connectivity index (χ0n) is 7.03. The number of hydrogen-bond acceptors (Lipinski definition) is 3. The van der Waals surface area contributed by atoms with Gasteiger partial charge in [-0.15, -0.1) is 4.89 Å². The summed E-state index contributed by atoms with van der Waals surface area (Å²) in [5, 5.41) is 0. The van der Waals surface area contributed by atoms with Crippen LogP contribution < -0.4 is 29.6 Å². The van der Waals surface area contributed by atoms with Gasteiger partial charge in [0.2, 0.25) is 0 Å². The van der Waals surface area contributed by atoms with Crippen LogP contribution in [0.1, 0.15) is 21.2 Å². The molecule has 0 rings (SSSR count). The monoisotopic (exact) mass is 175 g/mol. The second-order valence-corrected chi connectivity index (χ2v) is 2.11. The Kier molecular flexibility index (Phi) is 10.0. The zero-order valence-corrected chi connectivity index (χ0v) is 8.93. The molecule has 54 valence electrons. The van der Waals surface area contributed by atoms with E-state index in [1.165, 1.54) is 0 Å². The Labute approximate surface area is 83.7 Å². The molecule has 0 aromatic carbocycles. The van der Waals surface area contributed by atoms with E-state index in [0.717, 1.165) is 0 Å². The molecule has 0 aromatic heterocycles. The summed E-state index contributed by atoms with van der Waals surface area (Å²) in [7, 11) is -2.75. The summed E-state index contributed by atoms with van der Waals surface area (Å²) in [6, 6.07) is 0. The number of rotatable bonds is 3. The van der Waals surface area contributed by atoms with Gasteiger partial charge in [-0.05, 0) is 6.42 Å². The van der Waals surface area contributed by atoms with Crippen molar-refractivity contribution in [2.45, 2.75) is 19.8 Å². The van der Waals surface area contributed by atoms with Gasteiger partial charge in [0, 0.05) is 4.57 Å². The van der Waals surface area contributed by atoms with Crippen LogP contribution in [0.25, 0.3) is 0 Å². The Hall–Kier alpha value is 0.530. The largest absolute Gasteiger partial charge is 1.00 e. The molecule has 0 spiro atoms. The molecule has 1 atom stereocenters. The fourth-order valence-electron chi connectivity index (χ4n) is 0.337. The molecule has 1 unspecified atom stereocenters. The third-order valence-electron chi connectivity index (χ3n) is 0.634. The van der Waals surface area contributed by atoms with Crippen molar-refractivity contribution in [2.75, 3.05) is 0 Å². The topological polar surface area (TPSA) is 63.6 Å². The Morgan fingerprint density at radius 3 is 2.60 bits per heavy atom. The zero-order chi connectivity index (χ0) is 7.28. The van der Waals surface area contributed by atoms with Crippen molar-refractivity contribution < 1.29 is 49.8 Å². The summed E-state index contributed by atoms with van der Waals surface area (Å²) >= 11 is 0. The summed E-state index contributed by atoms with van der Waals surface area (Å²) in [6.07, 6.45) is 0.823. The predicted molar refractivity (Wildman–Crippen MR) is 31.9 cm³/mol. The van der Waals surface area contributed by atoms with Crippen LogP contribution in [-0.4, -0.2) is 10.9 Å². The first kappa shape index (κ1) is 13.1. The van der Waals surface area contributed by atoms with Crippen LogP contribution in [0.2, 0.25) is 0 Å². The SMILES string of the molecule is CCCC(=O)O[P+](=O)O.[H-].[Na+]. The van der Waals surface area contributed by atoms with Gasteiger partial charge >= 0.3 is 43.8 Å². The minimum absolute atomic E-state index is 0. The quantitative estimate of drug-likeness (QED) is 0.402. The van der Waals surface area contributed by atoms with E-state index < -0.39 is 14.2 Å². The molecule has 0 saturated heterocycles. The number of hydrogen-bond donors (Lipinski definition) is 1. The van der Waals surface area contributed by atoms with Gasteiger partial charge < -0.3 is 1.43 Å². The molecule has 0 radical (unpaired) electrons. The van der Waals surface area contributed by atoms with Crippen LogP contribution in [0.4, 0.5) is 0 Å². The molecule has 0 aliphatic heterocycles. The molecule has 0 aliphatic carbocycles. The predicted octanol–water partition coefficient (Wildman–Crippen LogP) is -1.90. The molecule has 0 amide bonds. The maximum absolute atomic E-state index is 10.3. The van der Waals surface area contributed by atoms with Gasteiger partial charge in [-0.2, -0.15) is 4.52 Å². The summed E-state index contributed by atoms with van der Waals surface area (Å²) in [6.45, 7) is 1.78. The minimum atomic E-state index is -2.75. The van der Waals surface area contributed by atoms with Crippen molar-refractivity contribution >= 4 is 14.2 Å². The molecule has 0 heterocycles. The Bertz CT molecular complexity index is 131. The van der Waals surface area contributed by atoms with E-state index in [1.807, 2.05) is 0 Å². The summed E-state index contributed by atoms with van der Waals surface area (Å²) in [5.41, 5.74) is 0. The average molecular weight is 175 g/mol. The molecule has 1 N–H and O–H groups in total. The third kappa shape index (κ3) is 8.53. The van der Waals surface area contributed by atoms with Gasteiger partial charge in [0.25, 0.3) is 0 Å². The number of carbonyl (C=O) groups excluding carboxylic acids is 1. The van der Waals surface area contributed by atoms with E-state index in [4.69, 9.17) is 4.89 Å². The maximum Gasteiger partial charge on any atom is 1.00 e. The summed E-state index contributed by atoms with van der Waals surface area (Å²) in [4.78, 5) is 18.3. The molecule has 0 aromatic rings. The first-order valence-electron chi connectivity index (χ1n) is 2.53. The molecule has 0 saturated carbocycles. The van der Waals surface area contributed by atoms with Gasteiger partial charge in [0.15, 0.2) is 0 Å². The van der Waals surface area contributed by atoms with Crippen LogP contribution in [0, 0.1) is 0 Å². The molecule has 0 fully saturated rings. The Balaban J connectivity index is -0.000000320. The van der Waals surface area contributed by atoms with Crippen LogP contribution in [0.15, 0.2) is 0 Å². The first-order chi connectivity index (χ1) is 4.16. The molecular weight excluding hydrogens is 166 g/mol. The maximum atomic E-state index is 10.3. The average Bonchev–Trinajstić information content (AvgIpc) is 1.63. The van der Waals surface area contributed by atoms with E-state index in [1.54, 1.807) is 6.92 Å². The van der Waals surface area contributed by atoms with Gasteiger partial charge in [-0.3, -0.25) is 0 Å². The van der Waals surface area contributed by atoms with Crippen molar-refractivity contribution in [3.05, 3.63) is 0 Å². The van der Waals surface area contributed by atoms with Crippen LogP contribution in [0.3, 0.4) is 0 Å². The van der Waals surface area contributed by atoms with E-state index in [0.29, 0.717) is 6.42 Å². The molecule has 10 heavy (non-hydrogen) atoms. The van der Waals surface area contributed by atoms with Crippen molar-refractivity contribution in [3.63, 3.8) is 0 Å². The van der Waals surface area contributed by atoms with Crippen molar-refractivity contribution in [3.8, 4) is 0 Å². The van der Waals surface area contributed by atoms with Crippen molar-refractivity contribution in [2.24, 2.45) is 0 Å². The van der Waals surface area contributed by atoms with E-state index >= 15 is 0 Å². The second-order valence-electron chi connectivity index (χ2n) is 1.45. The molecule has 0 aliphatic rings. The van der Waals surface area contributed by atoms with Gasteiger partial charge in [0.1, 0.15) is 0 Å². The smallest absolute Gasteiger partial charge is 1.00 e. The molecule has 0 bridgehead atoms. The van der Waals surface area contributed by atoms with Crippen LogP contribution >= 0.6 is 8.25 Å². The summed E-state index contributed by atoms with van der Waals surface area (Å²) in [5.74, 6) is -0.624. The third-order valence-corrected chi connectivity index (χ3v) is 0.994. The molecule has 6 heteroatoms. The van der Waals surface area contributed by atoms with Gasteiger partial charge in [-0.1, -0.05) is 6.92 Å². The van der Waals surface area contributed by atoms with Crippen molar-refractivity contribution in [1.82, 2.24) is 0 Å². The number of carbonyl (C=O) groups is 1. The molecule has 4 nitrogen and oxygen atoms in total. The second kappa shape index (κ2) is 7.63. The van der Waals surface area contributed by atoms with E-state index in [9.17, 15) is 9.36 Å². The fraction of sp³-hybridized carbons (Fsp3) is 0.750. The Morgan fingerprint density at radius 1 is 1.80 bits per heavy atom. The Morgan fingerprint density at radius 2 is 2.30 bits per heavy atom. The van der Waals surface area contributed by atoms with Crippen LogP contribution in [-0.2, 0) is 13.9 Å². The van der Waals surface area contributed by atoms with Crippen molar-refractivity contribution in [1.29, 1.82) is 0 Å². The van der Waals surface area contributed by atoms with Gasteiger partial charge in [0.05, 0.1) is 6.42 Å². The van der Waals surface area contributed by atoms with Gasteiger partial charge in [-0.25, -0.2) is 4.79 Å². The first-order valence-corrected chi connectivity index (χ1v) is 3.66. The minimum Gasteiger partial charge on any atom is -1.00 e. The standard InChI is InChI=1S/C4H7O4P.Na.H/c1-2-3-4(5)8-9(6)7;;/h2-3H2,1H3;;/q;+1;-1/p+1.